The van der Waals surface area contributed by atoms with E-state index >= 15 is 0 Å². The second-order valence-electron chi connectivity index (χ2n) is 4.96. The third-order valence-corrected chi connectivity index (χ3v) is 4.34. The van der Waals surface area contributed by atoms with E-state index in [0.717, 1.165) is 33.5 Å². The second-order valence-corrected chi connectivity index (χ2v) is 6.13. The van der Waals surface area contributed by atoms with Crippen LogP contribution in [-0.4, -0.2) is 16.1 Å². The van der Waals surface area contributed by atoms with Crippen LogP contribution in [0.25, 0.3) is 11.3 Å². The van der Waals surface area contributed by atoms with Crippen LogP contribution in [0.3, 0.4) is 0 Å². The van der Waals surface area contributed by atoms with Crippen molar-refractivity contribution in [2.45, 2.75) is 25.7 Å². The predicted molar refractivity (Wildman–Crippen MR) is 75.3 cm³/mol. The molecule has 19 heavy (non-hydrogen) atoms. The molecule has 2 aromatic rings. The van der Waals surface area contributed by atoms with E-state index in [0.29, 0.717) is 0 Å². The molecule has 0 spiro atoms. The molecule has 0 bridgehead atoms. The average molecular weight is 273 g/mol. The minimum atomic E-state index is -0.793. The average Bonchev–Trinajstić information content (AvgIpc) is 3.11. The highest BCUT2D eigenvalue weighted by Crippen LogP contribution is 2.36. The smallest absolute Gasteiger partial charge is 0.308 e. The number of nitrogens with zero attached hydrogens (tertiary/aromatic N) is 1. The van der Waals surface area contributed by atoms with Crippen molar-refractivity contribution in [3.63, 3.8) is 0 Å². The quantitative estimate of drug-likeness (QED) is 0.908. The van der Waals surface area contributed by atoms with E-state index in [-0.39, 0.29) is 6.42 Å². The van der Waals surface area contributed by atoms with Crippen molar-refractivity contribution in [3.05, 3.63) is 40.2 Å². The number of hydrogen-bond acceptors (Lipinski definition) is 3. The van der Waals surface area contributed by atoms with Crippen LogP contribution < -0.4 is 0 Å². The molecule has 0 saturated heterocycles. The summed E-state index contributed by atoms with van der Waals surface area (Å²) in [5.41, 5.74) is 1.86. The number of hydrogen-bond donors (Lipinski definition) is 1. The first-order valence-electron chi connectivity index (χ1n) is 6.48. The highest BCUT2D eigenvalue weighted by Gasteiger charge is 2.24. The summed E-state index contributed by atoms with van der Waals surface area (Å²) in [5.74, 6) is -0.0220. The highest BCUT2D eigenvalue weighted by molar-refractivity contribution is 7.12. The molecular formula is C15H15NO2S. The zero-order valence-corrected chi connectivity index (χ0v) is 11.3. The first-order chi connectivity index (χ1) is 9.22. The topological polar surface area (TPSA) is 50.2 Å². The van der Waals surface area contributed by atoms with Gasteiger partial charge >= 0.3 is 5.97 Å². The third-order valence-electron chi connectivity index (χ3n) is 3.26. The summed E-state index contributed by atoms with van der Waals surface area (Å²) in [5, 5.41) is 10.1. The lowest BCUT2D eigenvalue weighted by molar-refractivity contribution is -0.136. The van der Waals surface area contributed by atoms with Crippen LogP contribution in [0.15, 0.2) is 30.3 Å². The molecule has 1 aliphatic rings. The fraction of sp³-hybridized carbons (Fsp3) is 0.333. The molecule has 0 atom stereocenters. The zero-order chi connectivity index (χ0) is 13.2. The van der Waals surface area contributed by atoms with Gasteiger partial charge in [-0.15, -0.1) is 11.3 Å². The van der Waals surface area contributed by atoms with Gasteiger partial charge in [0.1, 0.15) is 0 Å². The molecule has 1 N–H and O–H groups in total. The van der Waals surface area contributed by atoms with Crippen LogP contribution in [0.5, 0.6) is 0 Å². The van der Waals surface area contributed by atoms with Crippen LogP contribution in [-0.2, 0) is 17.6 Å². The Morgan fingerprint density at radius 3 is 2.68 bits per heavy atom. The maximum Gasteiger partial charge on any atom is 0.308 e. The molecular weight excluding hydrogens is 258 g/mol. The van der Waals surface area contributed by atoms with Crippen LogP contribution >= 0.6 is 11.3 Å². The lowest BCUT2D eigenvalue weighted by atomic mass is 10.1. The Kier molecular flexibility index (Phi) is 3.34. The molecule has 1 saturated carbocycles. The Hall–Kier alpha value is -1.68. The van der Waals surface area contributed by atoms with Gasteiger partial charge in [-0.05, 0) is 18.8 Å². The number of aromatic nitrogens is 1. The number of benzene rings is 1. The number of rotatable bonds is 5. The van der Waals surface area contributed by atoms with Gasteiger partial charge in [0.25, 0.3) is 0 Å². The first kappa shape index (κ1) is 12.4. The Labute approximate surface area is 115 Å². The van der Waals surface area contributed by atoms with Crippen LogP contribution in [0.2, 0.25) is 0 Å². The zero-order valence-electron chi connectivity index (χ0n) is 10.5. The molecule has 0 aliphatic heterocycles. The summed E-state index contributed by atoms with van der Waals surface area (Å²) >= 11 is 1.56. The van der Waals surface area contributed by atoms with Gasteiger partial charge in [0.05, 0.1) is 17.1 Å². The second kappa shape index (κ2) is 5.13. The van der Waals surface area contributed by atoms with E-state index in [1.54, 1.807) is 11.3 Å². The lowest BCUT2D eigenvalue weighted by Crippen LogP contribution is -1.99. The number of thiazole rings is 1. The Morgan fingerprint density at radius 1 is 1.32 bits per heavy atom. The van der Waals surface area contributed by atoms with Crippen molar-refractivity contribution in [1.29, 1.82) is 0 Å². The van der Waals surface area contributed by atoms with Crippen molar-refractivity contribution in [2.75, 3.05) is 0 Å². The molecule has 0 radical (unpaired) electrons. The molecule has 4 heteroatoms. The maximum absolute atomic E-state index is 11.0. The summed E-state index contributed by atoms with van der Waals surface area (Å²) in [4.78, 5) is 16.5. The molecule has 1 fully saturated rings. The molecule has 1 heterocycles. The molecule has 0 amide bonds. The first-order valence-corrected chi connectivity index (χ1v) is 7.30. The third kappa shape index (κ3) is 3.01. The van der Waals surface area contributed by atoms with Crippen molar-refractivity contribution < 1.29 is 9.90 Å². The van der Waals surface area contributed by atoms with E-state index in [9.17, 15) is 4.79 Å². The van der Waals surface area contributed by atoms with E-state index in [1.807, 2.05) is 30.3 Å². The van der Waals surface area contributed by atoms with Crippen molar-refractivity contribution >= 4 is 17.3 Å². The Bertz CT molecular complexity index is 587. The molecule has 1 aromatic heterocycles. The van der Waals surface area contributed by atoms with E-state index in [1.165, 1.54) is 12.8 Å². The van der Waals surface area contributed by atoms with Gasteiger partial charge in [-0.25, -0.2) is 4.98 Å². The van der Waals surface area contributed by atoms with Gasteiger partial charge in [0, 0.05) is 16.9 Å². The fourth-order valence-corrected chi connectivity index (χ4v) is 3.33. The summed E-state index contributed by atoms with van der Waals surface area (Å²) in [6.07, 6.45) is 3.64. The minimum absolute atomic E-state index is 0.0621. The highest BCUT2D eigenvalue weighted by atomic mass is 32.1. The van der Waals surface area contributed by atoms with Crippen molar-refractivity contribution in [3.8, 4) is 11.3 Å². The van der Waals surface area contributed by atoms with Gasteiger partial charge in [-0.1, -0.05) is 30.3 Å². The summed E-state index contributed by atoms with van der Waals surface area (Å²) < 4.78 is 0. The Balaban J connectivity index is 1.94. The van der Waals surface area contributed by atoms with Gasteiger partial charge in [0.2, 0.25) is 0 Å². The number of carboxylic acids is 1. The van der Waals surface area contributed by atoms with Crippen LogP contribution in [0.1, 0.15) is 22.7 Å². The number of carbonyl (C=O) groups is 1. The van der Waals surface area contributed by atoms with Crippen molar-refractivity contribution in [1.82, 2.24) is 4.98 Å². The Morgan fingerprint density at radius 2 is 2.05 bits per heavy atom. The van der Waals surface area contributed by atoms with Crippen LogP contribution in [0.4, 0.5) is 0 Å². The monoisotopic (exact) mass is 273 g/mol. The molecule has 0 unspecified atom stereocenters. The molecule has 3 rings (SSSR count). The fourth-order valence-electron chi connectivity index (χ4n) is 2.14. The van der Waals surface area contributed by atoms with Gasteiger partial charge in [-0.3, -0.25) is 4.79 Å². The number of carboxylic acid groups (broad SMARTS) is 1. The standard InChI is InChI=1S/C15H15NO2S/c17-14(18)9-12-15(11-4-2-1-3-5-11)16-13(19-12)8-10-6-7-10/h1-5,10H,6-9H2,(H,17,18). The summed E-state index contributed by atoms with van der Waals surface area (Å²) in [7, 11) is 0. The van der Waals surface area contributed by atoms with E-state index < -0.39 is 5.97 Å². The largest absolute Gasteiger partial charge is 0.481 e. The molecule has 1 aromatic carbocycles. The van der Waals surface area contributed by atoms with Gasteiger partial charge in [-0.2, -0.15) is 0 Å². The number of aliphatic carboxylic acids is 1. The maximum atomic E-state index is 11.0. The van der Waals surface area contributed by atoms with E-state index in [2.05, 4.69) is 4.98 Å². The van der Waals surface area contributed by atoms with E-state index in [4.69, 9.17) is 5.11 Å². The lowest BCUT2D eigenvalue weighted by Gasteiger charge is -1.99. The minimum Gasteiger partial charge on any atom is -0.481 e. The molecule has 3 nitrogen and oxygen atoms in total. The van der Waals surface area contributed by atoms with Crippen LogP contribution in [0, 0.1) is 5.92 Å². The summed E-state index contributed by atoms with van der Waals surface area (Å²) in [6.45, 7) is 0. The van der Waals surface area contributed by atoms with Gasteiger partial charge < -0.3 is 5.11 Å². The van der Waals surface area contributed by atoms with Gasteiger partial charge in [0.15, 0.2) is 0 Å². The molecule has 98 valence electrons. The predicted octanol–water partition coefficient (Wildman–Crippen LogP) is 3.39. The van der Waals surface area contributed by atoms with Crippen molar-refractivity contribution in [2.24, 2.45) is 5.92 Å². The molecule has 1 aliphatic carbocycles. The normalized spacial score (nSPS) is 14.5. The SMILES string of the molecule is O=C(O)Cc1sc(CC2CC2)nc1-c1ccccc1. The summed E-state index contributed by atoms with van der Waals surface area (Å²) in [6, 6.07) is 9.85.